The van der Waals surface area contributed by atoms with E-state index in [0.29, 0.717) is 16.5 Å². The second kappa shape index (κ2) is 6.17. The van der Waals surface area contributed by atoms with Gasteiger partial charge in [0.25, 0.3) is 5.91 Å². The van der Waals surface area contributed by atoms with E-state index >= 15 is 0 Å². The number of thioether (sulfide) groups is 1. The molecule has 1 aromatic heterocycles. The monoisotopic (exact) mass is 394 g/mol. The largest absolute Gasteiger partial charge is 0.416 e. The lowest BCUT2D eigenvalue weighted by Crippen LogP contribution is -2.14. The van der Waals surface area contributed by atoms with Crippen LogP contribution >= 0.6 is 23.4 Å². The van der Waals surface area contributed by atoms with Crippen molar-refractivity contribution in [2.75, 3.05) is 0 Å². The molecule has 0 saturated carbocycles. The van der Waals surface area contributed by atoms with Crippen molar-refractivity contribution < 1.29 is 18.0 Å². The van der Waals surface area contributed by atoms with Crippen molar-refractivity contribution in [2.45, 2.75) is 16.8 Å². The van der Waals surface area contributed by atoms with Crippen LogP contribution in [0.4, 0.5) is 13.2 Å². The van der Waals surface area contributed by atoms with Gasteiger partial charge < -0.3 is 0 Å². The van der Waals surface area contributed by atoms with Crippen molar-refractivity contribution in [1.29, 1.82) is 0 Å². The van der Waals surface area contributed by atoms with Crippen LogP contribution in [0.5, 0.6) is 0 Å². The van der Waals surface area contributed by atoms with Crippen LogP contribution in [0, 0.1) is 0 Å². The van der Waals surface area contributed by atoms with Crippen LogP contribution in [0.2, 0.25) is 5.02 Å². The molecule has 4 rings (SSSR count). The van der Waals surface area contributed by atoms with Gasteiger partial charge >= 0.3 is 6.18 Å². The number of halogens is 4. The smallest absolute Gasteiger partial charge is 0.267 e. The van der Waals surface area contributed by atoms with Crippen LogP contribution in [0.15, 0.2) is 53.6 Å². The molecule has 2 heterocycles. The van der Waals surface area contributed by atoms with Crippen LogP contribution in [-0.4, -0.2) is 15.7 Å². The van der Waals surface area contributed by atoms with Gasteiger partial charge in [-0.25, -0.2) is 4.68 Å². The fourth-order valence-electron chi connectivity index (χ4n) is 2.78. The number of carbonyl (C=O) groups excluding carboxylic acids is 1. The minimum atomic E-state index is -4.51. The van der Waals surface area contributed by atoms with E-state index in [-0.39, 0.29) is 5.56 Å². The molecule has 0 aliphatic carbocycles. The fraction of sp³-hybridized carbons (Fsp3) is 0.111. The number of hydrogen-bond donors (Lipinski definition) is 0. The molecule has 0 radical (unpaired) electrons. The Balaban J connectivity index is 1.74. The molecule has 132 valence electrons. The first-order valence-electron chi connectivity index (χ1n) is 7.56. The normalized spacial score (nSPS) is 13.2. The average molecular weight is 395 g/mol. The van der Waals surface area contributed by atoms with Gasteiger partial charge in [-0.2, -0.15) is 18.3 Å². The standard InChI is InChI=1S/C18H10ClF3N2OS/c19-13-4-5-15-14(7-13)16-11(9-26-15)8-24(23-16)17(25)10-2-1-3-12(6-10)18(20,21)22/h1-8H,9H2. The highest BCUT2D eigenvalue weighted by Gasteiger charge is 2.31. The third-order valence-electron chi connectivity index (χ3n) is 4.01. The molecular weight excluding hydrogens is 385 g/mol. The lowest BCUT2D eigenvalue weighted by atomic mass is 10.1. The number of fused-ring (bicyclic) bond motifs is 3. The highest BCUT2D eigenvalue weighted by Crippen LogP contribution is 2.41. The lowest BCUT2D eigenvalue weighted by molar-refractivity contribution is -0.137. The van der Waals surface area contributed by atoms with Gasteiger partial charge in [-0.15, -0.1) is 11.8 Å². The Morgan fingerprint density at radius 2 is 2.00 bits per heavy atom. The molecule has 3 nitrogen and oxygen atoms in total. The number of alkyl halides is 3. The summed E-state index contributed by atoms with van der Waals surface area (Å²) >= 11 is 7.65. The predicted molar refractivity (Wildman–Crippen MR) is 93.4 cm³/mol. The van der Waals surface area contributed by atoms with E-state index in [9.17, 15) is 18.0 Å². The summed E-state index contributed by atoms with van der Waals surface area (Å²) in [7, 11) is 0. The minimum absolute atomic E-state index is 0.0707. The first kappa shape index (κ1) is 17.2. The number of carbonyl (C=O) groups is 1. The predicted octanol–water partition coefficient (Wildman–Crippen LogP) is 5.52. The molecule has 3 aromatic rings. The van der Waals surface area contributed by atoms with E-state index in [2.05, 4.69) is 5.10 Å². The topological polar surface area (TPSA) is 34.9 Å². The summed E-state index contributed by atoms with van der Waals surface area (Å²) in [5.74, 6) is 0.0129. The Hall–Kier alpha value is -2.25. The molecule has 0 bridgehead atoms. The molecule has 2 aromatic carbocycles. The summed E-state index contributed by atoms with van der Waals surface area (Å²) < 4.78 is 39.7. The molecule has 0 unspecified atom stereocenters. The maximum Gasteiger partial charge on any atom is 0.416 e. The van der Waals surface area contributed by atoms with Gasteiger partial charge in [0.15, 0.2) is 0 Å². The molecule has 0 amide bonds. The first-order chi connectivity index (χ1) is 12.3. The Morgan fingerprint density at radius 3 is 2.77 bits per heavy atom. The van der Waals surface area contributed by atoms with Crippen molar-refractivity contribution in [3.63, 3.8) is 0 Å². The third-order valence-corrected chi connectivity index (χ3v) is 5.37. The number of aromatic nitrogens is 2. The SMILES string of the molecule is O=C(c1cccc(C(F)(F)F)c1)n1cc2c(n1)-c1cc(Cl)ccc1SC2. The maximum absolute atomic E-state index is 12.9. The van der Waals surface area contributed by atoms with Gasteiger partial charge in [-0.05, 0) is 36.4 Å². The minimum Gasteiger partial charge on any atom is -0.267 e. The van der Waals surface area contributed by atoms with Gasteiger partial charge in [0, 0.05) is 38.6 Å². The van der Waals surface area contributed by atoms with E-state index in [4.69, 9.17) is 11.6 Å². The maximum atomic E-state index is 12.9. The zero-order valence-electron chi connectivity index (χ0n) is 13.0. The molecular formula is C18H10ClF3N2OS. The highest BCUT2D eigenvalue weighted by molar-refractivity contribution is 7.98. The Bertz CT molecular complexity index is 1030. The second-order valence-electron chi connectivity index (χ2n) is 5.76. The van der Waals surface area contributed by atoms with Crippen molar-refractivity contribution in [3.8, 4) is 11.3 Å². The molecule has 8 heteroatoms. The van der Waals surface area contributed by atoms with Gasteiger partial charge in [-0.3, -0.25) is 4.79 Å². The summed E-state index contributed by atoms with van der Waals surface area (Å²) in [6, 6.07) is 9.76. The van der Waals surface area contributed by atoms with Crippen molar-refractivity contribution in [2.24, 2.45) is 0 Å². The van der Waals surface area contributed by atoms with E-state index in [1.165, 1.54) is 12.1 Å². The summed E-state index contributed by atoms with van der Waals surface area (Å²) in [5, 5.41) is 4.87. The van der Waals surface area contributed by atoms with Crippen LogP contribution in [0.25, 0.3) is 11.3 Å². The summed E-state index contributed by atoms with van der Waals surface area (Å²) in [6.07, 6.45) is -2.94. The quantitative estimate of drug-likeness (QED) is 0.545. The molecule has 0 N–H and O–H groups in total. The molecule has 0 saturated heterocycles. The molecule has 1 aliphatic rings. The number of rotatable bonds is 1. The fourth-order valence-corrected chi connectivity index (χ4v) is 3.95. The molecule has 0 spiro atoms. The Labute approximate surface area is 155 Å². The van der Waals surface area contributed by atoms with Crippen LogP contribution in [0.1, 0.15) is 21.5 Å². The lowest BCUT2D eigenvalue weighted by Gasteiger charge is -2.14. The molecule has 0 atom stereocenters. The van der Waals surface area contributed by atoms with E-state index in [1.54, 1.807) is 30.1 Å². The van der Waals surface area contributed by atoms with Gasteiger partial charge in [0.05, 0.1) is 11.3 Å². The van der Waals surface area contributed by atoms with Crippen molar-refractivity contribution in [1.82, 2.24) is 9.78 Å². The van der Waals surface area contributed by atoms with E-state index < -0.39 is 17.6 Å². The average Bonchev–Trinajstić information content (AvgIpc) is 3.05. The van der Waals surface area contributed by atoms with Gasteiger partial charge in [0.2, 0.25) is 0 Å². The van der Waals surface area contributed by atoms with Crippen molar-refractivity contribution in [3.05, 3.63) is 70.4 Å². The van der Waals surface area contributed by atoms with Crippen LogP contribution in [0.3, 0.4) is 0 Å². The molecule has 1 aliphatic heterocycles. The van der Waals surface area contributed by atoms with Crippen LogP contribution < -0.4 is 0 Å². The van der Waals surface area contributed by atoms with Crippen molar-refractivity contribution >= 4 is 29.3 Å². The highest BCUT2D eigenvalue weighted by atomic mass is 35.5. The number of benzene rings is 2. The Morgan fingerprint density at radius 1 is 1.19 bits per heavy atom. The summed E-state index contributed by atoms with van der Waals surface area (Å²) in [6.45, 7) is 0. The second-order valence-corrected chi connectivity index (χ2v) is 7.21. The van der Waals surface area contributed by atoms with E-state index in [0.717, 1.165) is 32.8 Å². The zero-order chi connectivity index (χ0) is 18.5. The van der Waals surface area contributed by atoms with Gasteiger partial charge in [-0.1, -0.05) is 17.7 Å². The van der Waals surface area contributed by atoms with E-state index in [1.807, 2.05) is 6.07 Å². The zero-order valence-corrected chi connectivity index (χ0v) is 14.6. The van der Waals surface area contributed by atoms with Gasteiger partial charge in [0.1, 0.15) is 0 Å². The Kier molecular flexibility index (Phi) is 4.08. The number of hydrogen-bond acceptors (Lipinski definition) is 3. The van der Waals surface area contributed by atoms with Crippen LogP contribution in [-0.2, 0) is 11.9 Å². The molecule has 26 heavy (non-hydrogen) atoms. The number of nitrogens with zero attached hydrogens (tertiary/aromatic N) is 2. The summed E-state index contributed by atoms with van der Waals surface area (Å²) in [5.41, 5.74) is 1.35. The summed E-state index contributed by atoms with van der Waals surface area (Å²) in [4.78, 5) is 13.6. The third kappa shape index (κ3) is 3.01. The molecule has 0 fully saturated rings. The first-order valence-corrected chi connectivity index (χ1v) is 8.92.